The molecule has 1 aliphatic rings. The van der Waals surface area contributed by atoms with Crippen molar-refractivity contribution in [1.29, 1.82) is 0 Å². The van der Waals surface area contributed by atoms with Crippen molar-refractivity contribution in [3.05, 3.63) is 65.7 Å². The molecule has 1 aliphatic carbocycles. The number of hydrogen-bond donors (Lipinski definition) is 3. The summed E-state index contributed by atoms with van der Waals surface area (Å²) in [6, 6.07) is 18.8. The third kappa shape index (κ3) is 8.68. The maximum absolute atomic E-state index is 11.7. The van der Waals surface area contributed by atoms with Gasteiger partial charge in [-0.05, 0) is 42.5 Å². The first kappa shape index (κ1) is 26.0. The minimum absolute atomic E-state index is 0. The zero-order valence-electron chi connectivity index (χ0n) is 19.2. The Balaban J connectivity index is 0.00000363. The van der Waals surface area contributed by atoms with Crippen molar-refractivity contribution >= 4 is 35.8 Å². The highest BCUT2D eigenvalue weighted by Gasteiger charge is 2.23. The summed E-state index contributed by atoms with van der Waals surface area (Å²) in [7, 11) is 1.79. The predicted octanol–water partition coefficient (Wildman–Crippen LogP) is 3.65. The number of benzene rings is 2. The largest absolute Gasteiger partial charge is 0.484 e. The molecule has 0 saturated heterocycles. The minimum atomic E-state index is -0.0508. The van der Waals surface area contributed by atoms with E-state index in [0.717, 1.165) is 38.3 Å². The molecule has 0 aromatic heterocycles. The Kier molecular flexibility index (Phi) is 10.3. The highest BCUT2D eigenvalue weighted by atomic mass is 127. The monoisotopic (exact) mass is 550 g/mol. The van der Waals surface area contributed by atoms with Crippen LogP contribution in [-0.4, -0.2) is 44.7 Å². The van der Waals surface area contributed by atoms with Crippen LogP contribution in [0.1, 0.15) is 37.8 Å². The van der Waals surface area contributed by atoms with Crippen LogP contribution in [0.2, 0.25) is 0 Å². The number of guanidine groups is 1. The van der Waals surface area contributed by atoms with E-state index in [1.807, 2.05) is 30.3 Å². The Morgan fingerprint density at radius 3 is 2.38 bits per heavy atom. The Hall–Kier alpha value is -2.29. The lowest BCUT2D eigenvalue weighted by atomic mass is 9.85. The van der Waals surface area contributed by atoms with E-state index in [9.17, 15) is 4.79 Å². The number of aliphatic imine (C=N–C) groups is 1. The topological polar surface area (TPSA) is 74.8 Å². The zero-order valence-corrected chi connectivity index (χ0v) is 21.5. The lowest BCUT2D eigenvalue weighted by molar-refractivity contribution is -0.123. The molecule has 0 bridgehead atoms. The smallest absolute Gasteiger partial charge is 0.258 e. The highest BCUT2D eigenvalue weighted by Crippen LogP contribution is 2.21. The van der Waals surface area contributed by atoms with Gasteiger partial charge in [0.15, 0.2) is 12.6 Å². The van der Waals surface area contributed by atoms with Crippen molar-refractivity contribution in [2.75, 3.05) is 26.7 Å². The van der Waals surface area contributed by atoms with Crippen molar-refractivity contribution in [3.8, 4) is 5.75 Å². The van der Waals surface area contributed by atoms with Crippen LogP contribution in [0.25, 0.3) is 0 Å². The highest BCUT2D eigenvalue weighted by molar-refractivity contribution is 14.0. The summed E-state index contributed by atoms with van der Waals surface area (Å²) < 4.78 is 5.56. The van der Waals surface area contributed by atoms with Crippen molar-refractivity contribution < 1.29 is 9.53 Å². The molecule has 0 heterocycles. The molecule has 174 valence electrons. The van der Waals surface area contributed by atoms with Gasteiger partial charge in [-0.2, -0.15) is 0 Å². The lowest BCUT2D eigenvalue weighted by Gasteiger charge is -2.26. The van der Waals surface area contributed by atoms with Gasteiger partial charge in [-0.15, -0.1) is 24.0 Å². The first-order valence-corrected chi connectivity index (χ1v) is 11.0. The number of nitrogens with zero attached hydrogens (tertiary/aromatic N) is 1. The molecule has 6 nitrogen and oxygen atoms in total. The van der Waals surface area contributed by atoms with Gasteiger partial charge < -0.3 is 20.7 Å². The standard InChI is InChI=1S/C25H34N4O2.HI/c1-25(2,20-7-5-4-6-8-20)18-28-24(26-3)27-16-15-19-9-13-22(14-10-19)31-17-23(30)29-21-11-12-21;/h4-10,13-14,21H,11-12,15-18H2,1-3H3,(H,29,30)(H2,26,27,28);1H. The average molecular weight is 550 g/mol. The number of hydrogen-bond acceptors (Lipinski definition) is 3. The quantitative estimate of drug-likeness (QED) is 0.240. The molecule has 3 rings (SSSR count). The van der Waals surface area contributed by atoms with Crippen LogP contribution in [0.4, 0.5) is 0 Å². The summed E-state index contributed by atoms with van der Waals surface area (Å²) in [6.07, 6.45) is 3.03. The molecule has 32 heavy (non-hydrogen) atoms. The van der Waals surface area contributed by atoms with Gasteiger partial charge in [-0.25, -0.2) is 0 Å². The number of carbonyl (C=O) groups excluding carboxylic acids is 1. The molecule has 1 fully saturated rings. The van der Waals surface area contributed by atoms with Gasteiger partial charge >= 0.3 is 0 Å². The summed E-state index contributed by atoms with van der Waals surface area (Å²) in [4.78, 5) is 16.0. The maximum atomic E-state index is 11.7. The van der Waals surface area contributed by atoms with Crippen LogP contribution in [0, 0.1) is 0 Å². The molecule has 0 aliphatic heterocycles. The number of halogens is 1. The van der Waals surface area contributed by atoms with E-state index in [1.165, 1.54) is 11.1 Å². The Bertz CT molecular complexity index is 865. The number of nitrogens with one attached hydrogen (secondary N) is 3. The van der Waals surface area contributed by atoms with Gasteiger partial charge in [0.1, 0.15) is 5.75 Å². The van der Waals surface area contributed by atoms with E-state index in [-0.39, 0.29) is 41.9 Å². The number of carbonyl (C=O) groups is 1. The number of rotatable bonds is 10. The molecular weight excluding hydrogens is 515 g/mol. The SMILES string of the molecule is CN=C(NCCc1ccc(OCC(=O)NC2CC2)cc1)NCC(C)(C)c1ccccc1.I. The van der Waals surface area contributed by atoms with Gasteiger partial charge in [0, 0.05) is 31.6 Å². The van der Waals surface area contributed by atoms with Crippen LogP contribution < -0.4 is 20.7 Å². The molecule has 0 unspecified atom stereocenters. The average Bonchev–Trinajstić information content (AvgIpc) is 3.60. The summed E-state index contributed by atoms with van der Waals surface area (Å²) in [5.74, 6) is 1.46. The van der Waals surface area contributed by atoms with Crippen LogP contribution in [-0.2, 0) is 16.6 Å². The van der Waals surface area contributed by atoms with Gasteiger partial charge in [0.25, 0.3) is 5.91 Å². The summed E-state index contributed by atoms with van der Waals surface area (Å²) >= 11 is 0. The van der Waals surface area contributed by atoms with Crippen LogP contribution in [0.5, 0.6) is 5.75 Å². The maximum Gasteiger partial charge on any atom is 0.258 e. The van der Waals surface area contributed by atoms with Crippen molar-refractivity contribution in [2.45, 2.75) is 44.6 Å². The van der Waals surface area contributed by atoms with E-state index >= 15 is 0 Å². The van der Waals surface area contributed by atoms with E-state index < -0.39 is 0 Å². The summed E-state index contributed by atoms with van der Waals surface area (Å²) in [6.45, 7) is 6.08. The molecule has 2 aromatic carbocycles. The normalized spacial score (nSPS) is 13.7. The molecule has 0 atom stereocenters. The van der Waals surface area contributed by atoms with Crippen molar-refractivity contribution in [3.63, 3.8) is 0 Å². The third-order valence-corrected chi connectivity index (χ3v) is 5.42. The van der Waals surface area contributed by atoms with Crippen LogP contribution in [0.15, 0.2) is 59.6 Å². The molecular formula is C25H35IN4O2. The van der Waals surface area contributed by atoms with Crippen molar-refractivity contribution in [1.82, 2.24) is 16.0 Å². The van der Waals surface area contributed by atoms with E-state index in [0.29, 0.717) is 11.8 Å². The van der Waals surface area contributed by atoms with Crippen LogP contribution in [0.3, 0.4) is 0 Å². The summed E-state index contributed by atoms with van der Waals surface area (Å²) in [5.41, 5.74) is 2.50. The molecule has 7 heteroatoms. The first-order chi connectivity index (χ1) is 15.0. The Morgan fingerprint density at radius 1 is 1.06 bits per heavy atom. The molecule has 1 amide bonds. The minimum Gasteiger partial charge on any atom is -0.484 e. The van der Waals surface area contributed by atoms with Crippen molar-refractivity contribution in [2.24, 2.45) is 4.99 Å². The fourth-order valence-electron chi connectivity index (χ4n) is 3.24. The second kappa shape index (κ2) is 12.7. The second-order valence-electron chi connectivity index (χ2n) is 8.63. The van der Waals surface area contributed by atoms with Gasteiger partial charge in [0.2, 0.25) is 0 Å². The Labute approximate surface area is 208 Å². The van der Waals surface area contributed by atoms with Crippen LogP contribution >= 0.6 is 24.0 Å². The van der Waals surface area contributed by atoms with Gasteiger partial charge in [0.05, 0.1) is 0 Å². The lowest BCUT2D eigenvalue weighted by Crippen LogP contribution is -2.44. The zero-order chi connectivity index (χ0) is 22.1. The predicted molar refractivity (Wildman–Crippen MR) is 141 cm³/mol. The fourth-order valence-corrected chi connectivity index (χ4v) is 3.24. The second-order valence-corrected chi connectivity index (χ2v) is 8.63. The van der Waals surface area contributed by atoms with E-state index in [2.05, 4.69) is 59.1 Å². The van der Waals surface area contributed by atoms with Gasteiger partial charge in [-0.3, -0.25) is 9.79 Å². The fraction of sp³-hybridized carbons (Fsp3) is 0.440. The molecule has 2 aromatic rings. The van der Waals surface area contributed by atoms with E-state index in [1.54, 1.807) is 7.05 Å². The number of amides is 1. The summed E-state index contributed by atoms with van der Waals surface area (Å²) in [5, 5.41) is 9.72. The third-order valence-electron chi connectivity index (χ3n) is 5.42. The molecule has 0 radical (unpaired) electrons. The molecule has 3 N–H and O–H groups in total. The van der Waals surface area contributed by atoms with E-state index in [4.69, 9.17) is 4.74 Å². The molecule has 0 spiro atoms. The first-order valence-electron chi connectivity index (χ1n) is 11.0. The molecule has 1 saturated carbocycles. The van der Waals surface area contributed by atoms with Gasteiger partial charge in [-0.1, -0.05) is 56.3 Å². The Morgan fingerprint density at radius 2 is 1.75 bits per heavy atom. The number of ether oxygens (including phenoxy) is 1.